The molecule has 0 fully saturated rings. The van der Waals surface area contributed by atoms with Gasteiger partial charge in [0.15, 0.2) is 11.5 Å². The fraction of sp³-hybridized carbons (Fsp3) is 0.200. The number of aromatic hydroxyl groups is 4. The molecule has 0 saturated carbocycles. The van der Waals surface area contributed by atoms with Crippen LogP contribution in [0.3, 0.4) is 0 Å². The summed E-state index contributed by atoms with van der Waals surface area (Å²) in [6.07, 6.45) is -1.56. The van der Waals surface area contributed by atoms with Crippen LogP contribution in [0.5, 0.6) is 28.7 Å². The van der Waals surface area contributed by atoms with E-state index in [0.717, 1.165) is 0 Å². The molecule has 0 aliphatic carbocycles. The van der Waals surface area contributed by atoms with Gasteiger partial charge in [0.05, 0.1) is 6.10 Å². The van der Waals surface area contributed by atoms with Crippen LogP contribution in [-0.2, 0) is 6.42 Å². The molecule has 0 aromatic heterocycles. The Kier molecular flexibility index (Phi) is 3.03. The zero-order valence-electron chi connectivity index (χ0n) is 11.9. The molecule has 2 aromatic rings. The second-order valence-corrected chi connectivity index (χ2v) is 5.00. The summed E-state index contributed by atoms with van der Waals surface area (Å²) in [6, 6.07) is 6.67. The first kappa shape index (κ1) is 13.4. The fourth-order valence-corrected chi connectivity index (χ4v) is 2.47. The third kappa shape index (κ3) is 2.30. The van der Waals surface area contributed by atoms with Crippen LogP contribution in [0.2, 0.25) is 0 Å². The maximum Gasteiger partial charge on any atom is 1.00 e. The standard InChI is InChI=1S/C15H14O6/c16-8-4-11(18)9-6-13(20)15(21-14(9)5-8)7-1-2-10(17)12(19)3-7/h1-5,13,15-20H,6H2/p+1/t13-,15-/m1/s1. The Morgan fingerprint density at radius 1 is 0.952 bits per heavy atom. The van der Waals surface area contributed by atoms with Crippen molar-refractivity contribution in [1.82, 2.24) is 0 Å². The van der Waals surface area contributed by atoms with E-state index in [1.54, 1.807) is 0 Å². The number of aliphatic hydroxyl groups excluding tert-OH is 1. The number of phenolic OH excluding ortho intramolecular Hbond substituents is 4. The summed E-state index contributed by atoms with van der Waals surface area (Å²) in [6.45, 7) is 0. The van der Waals surface area contributed by atoms with E-state index in [1.807, 2.05) is 0 Å². The van der Waals surface area contributed by atoms with Crippen LogP contribution in [0.1, 0.15) is 18.7 Å². The van der Waals surface area contributed by atoms with Crippen LogP contribution in [-0.4, -0.2) is 31.6 Å². The Hall–Kier alpha value is -2.60. The van der Waals surface area contributed by atoms with Gasteiger partial charge in [-0.1, -0.05) is 6.07 Å². The number of phenols is 4. The molecule has 0 unspecified atom stereocenters. The number of fused-ring (bicyclic) bond motifs is 1. The Morgan fingerprint density at radius 3 is 2.43 bits per heavy atom. The van der Waals surface area contributed by atoms with Gasteiger partial charge in [0.2, 0.25) is 0 Å². The van der Waals surface area contributed by atoms with E-state index < -0.39 is 12.2 Å². The van der Waals surface area contributed by atoms with Crippen LogP contribution in [0, 0.1) is 0 Å². The van der Waals surface area contributed by atoms with E-state index in [2.05, 4.69) is 0 Å². The minimum atomic E-state index is -0.933. The predicted octanol–water partition coefficient (Wildman–Crippen LogP) is 1.66. The molecular formula is C15H15O6+. The molecule has 6 heteroatoms. The third-order valence-electron chi connectivity index (χ3n) is 3.51. The fourth-order valence-electron chi connectivity index (χ4n) is 2.47. The first-order valence-electron chi connectivity index (χ1n) is 6.37. The van der Waals surface area contributed by atoms with Gasteiger partial charge < -0.3 is 30.3 Å². The monoisotopic (exact) mass is 291 g/mol. The van der Waals surface area contributed by atoms with Crippen LogP contribution in [0.15, 0.2) is 30.3 Å². The number of hydrogen-bond acceptors (Lipinski definition) is 6. The molecule has 0 spiro atoms. The number of ether oxygens (including phenoxy) is 1. The largest absolute Gasteiger partial charge is 1.00 e. The second kappa shape index (κ2) is 4.75. The SMILES string of the molecule is Oc1cc(O)c2c(c1)O[C@H](c1ccc(O)c(O)c1)[C@H](O)C2.[H+]. The summed E-state index contributed by atoms with van der Waals surface area (Å²) < 4.78 is 5.62. The molecule has 6 nitrogen and oxygen atoms in total. The number of hydrogen-bond donors (Lipinski definition) is 5. The summed E-state index contributed by atoms with van der Waals surface area (Å²) in [5.41, 5.74) is 0.894. The Balaban J connectivity index is 0.00000176. The Morgan fingerprint density at radius 2 is 1.71 bits per heavy atom. The maximum atomic E-state index is 10.2. The Labute approximate surface area is 121 Å². The van der Waals surface area contributed by atoms with Gasteiger partial charge in [0.25, 0.3) is 0 Å². The summed E-state index contributed by atoms with van der Waals surface area (Å²) >= 11 is 0. The van der Waals surface area contributed by atoms with Crippen molar-refractivity contribution in [1.29, 1.82) is 0 Å². The van der Waals surface area contributed by atoms with Gasteiger partial charge in [-0.05, 0) is 17.7 Å². The molecule has 2 atom stereocenters. The highest BCUT2D eigenvalue weighted by molar-refractivity contribution is 5.52. The lowest BCUT2D eigenvalue weighted by atomic mass is 9.94. The van der Waals surface area contributed by atoms with Gasteiger partial charge in [-0.2, -0.15) is 0 Å². The minimum Gasteiger partial charge on any atom is -0.508 e. The van der Waals surface area contributed by atoms with Crippen molar-refractivity contribution < 1.29 is 31.7 Å². The number of rotatable bonds is 1. The molecule has 21 heavy (non-hydrogen) atoms. The van der Waals surface area contributed by atoms with Crippen molar-refractivity contribution in [3.8, 4) is 28.7 Å². The summed E-state index contributed by atoms with van der Waals surface area (Å²) in [7, 11) is 0. The topological polar surface area (TPSA) is 110 Å². The summed E-state index contributed by atoms with van der Waals surface area (Å²) in [5.74, 6) is -0.589. The Bertz CT molecular complexity index is 703. The van der Waals surface area contributed by atoms with Gasteiger partial charge in [-0.25, -0.2) is 0 Å². The molecule has 3 rings (SSSR count). The highest BCUT2D eigenvalue weighted by atomic mass is 16.5. The van der Waals surface area contributed by atoms with E-state index in [1.165, 1.54) is 30.3 Å². The van der Waals surface area contributed by atoms with E-state index in [9.17, 15) is 25.5 Å². The number of benzene rings is 2. The highest BCUT2D eigenvalue weighted by Crippen LogP contribution is 2.42. The van der Waals surface area contributed by atoms with E-state index >= 15 is 0 Å². The van der Waals surface area contributed by atoms with Crippen molar-refractivity contribution in [2.24, 2.45) is 0 Å². The maximum absolute atomic E-state index is 10.2. The normalized spacial score (nSPS) is 20.6. The minimum absolute atomic E-state index is 0. The van der Waals surface area contributed by atoms with E-state index in [-0.39, 0.29) is 36.6 Å². The lowest BCUT2D eigenvalue weighted by molar-refractivity contribution is 0.0197. The van der Waals surface area contributed by atoms with Gasteiger partial charge in [-0.15, -0.1) is 0 Å². The molecule has 1 heterocycles. The van der Waals surface area contributed by atoms with Gasteiger partial charge in [0.1, 0.15) is 23.4 Å². The molecule has 110 valence electrons. The van der Waals surface area contributed by atoms with Gasteiger partial charge in [0, 0.05) is 24.1 Å². The molecule has 0 saturated heterocycles. The van der Waals surface area contributed by atoms with Crippen LogP contribution in [0.4, 0.5) is 0 Å². The highest BCUT2D eigenvalue weighted by Gasteiger charge is 2.32. The van der Waals surface area contributed by atoms with Crippen molar-refractivity contribution in [3.63, 3.8) is 0 Å². The van der Waals surface area contributed by atoms with Crippen molar-refractivity contribution in [2.45, 2.75) is 18.6 Å². The van der Waals surface area contributed by atoms with Crippen molar-refractivity contribution >= 4 is 0 Å². The molecular weight excluding hydrogens is 276 g/mol. The summed E-state index contributed by atoms with van der Waals surface area (Å²) in [5, 5.41) is 48.3. The van der Waals surface area contributed by atoms with Crippen molar-refractivity contribution in [2.75, 3.05) is 0 Å². The predicted molar refractivity (Wildman–Crippen MR) is 73.7 cm³/mol. The molecule has 1 aliphatic heterocycles. The van der Waals surface area contributed by atoms with E-state index in [4.69, 9.17) is 4.74 Å². The molecule has 0 radical (unpaired) electrons. The first-order chi connectivity index (χ1) is 9.95. The summed E-state index contributed by atoms with van der Waals surface area (Å²) in [4.78, 5) is 0. The van der Waals surface area contributed by atoms with Crippen LogP contribution < -0.4 is 4.74 Å². The zero-order chi connectivity index (χ0) is 15.1. The quantitative estimate of drug-likeness (QED) is 0.511. The molecule has 2 aromatic carbocycles. The average molecular weight is 291 g/mol. The second-order valence-electron chi connectivity index (χ2n) is 5.00. The molecule has 0 bridgehead atoms. The third-order valence-corrected chi connectivity index (χ3v) is 3.51. The lowest BCUT2D eigenvalue weighted by Gasteiger charge is -2.31. The molecule has 5 N–H and O–H groups in total. The van der Waals surface area contributed by atoms with Gasteiger partial charge in [-0.3, -0.25) is 0 Å². The first-order valence-corrected chi connectivity index (χ1v) is 6.37. The van der Waals surface area contributed by atoms with E-state index in [0.29, 0.717) is 11.1 Å². The van der Waals surface area contributed by atoms with Crippen LogP contribution >= 0.6 is 0 Å². The van der Waals surface area contributed by atoms with Crippen molar-refractivity contribution in [3.05, 3.63) is 41.5 Å². The number of aliphatic hydroxyl groups is 1. The average Bonchev–Trinajstić information content (AvgIpc) is 2.42. The van der Waals surface area contributed by atoms with Crippen LogP contribution in [0.25, 0.3) is 0 Å². The lowest BCUT2D eigenvalue weighted by Crippen LogP contribution is -2.30. The van der Waals surface area contributed by atoms with Gasteiger partial charge >= 0.3 is 1.43 Å². The molecule has 1 aliphatic rings. The molecule has 0 amide bonds. The zero-order valence-corrected chi connectivity index (χ0v) is 10.9. The smallest absolute Gasteiger partial charge is 0.508 e.